The lowest BCUT2D eigenvalue weighted by atomic mass is 9.77. The van der Waals surface area contributed by atoms with Gasteiger partial charge >= 0.3 is 12.1 Å². The van der Waals surface area contributed by atoms with E-state index in [9.17, 15) is 24.6 Å². The van der Waals surface area contributed by atoms with Crippen molar-refractivity contribution >= 4 is 28.7 Å². The molecule has 0 radical (unpaired) electrons. The number of esters is 1. The molecule has 5 aromatic carbocycles. The molecule has 1 spiro atoms. The third kappa shape index (κ3) is 7.63. The Labute approximate surface area is 335 Å². The fraction of sp³-hybridized carbons (Fsp3) is 0.234. The number of hydrogen-bond donors (Lipinski definition) is 3. The number of fused-ring (bicyclic) bond motifs is 7. The maximum Gasteiger partial charge on any atom is 0.406 e. The van der Waals surface area contributed by atoms with Crippen molar-refractivity contribution in [3.8, 4) is 28.7 Å². The average Bonchev–Trinajstić information content (AvgIpc) is 3.52. The summed E-state index contributed by atoms with van der Waals surface area (Å²) in [4.78, 5) is 43.2. The zero-order valence-corrected chi connectivity index (χ0v) is 31.9. The second-order valence-corrected chi connectivity index (χ2v) is 14.6. The Morgan fingerprint density at radius 3 is 2.26 bits per heavy atom. The lowest BCUT2D eigenvalue weighted by molar-refractivity contribution is 0.0224. The molecule has 1 atom stereocenters. The number of phenols is 2. The number of carbonyl (C=O) groups is 3. The number of alkyl carbamates (subject to hydrolysis) is 1. The maximum absolute atomic E-state index is 13.4. The quantitative estimate of drug-likeness (QED) is 0.0554. The smallest absolute Gasteiger partial charge is 0.406 e. The van der Waals surface area contributed by atoms with Gasteiger partial charge in [0.25, 0.3) is 0 Å². The number of amides is 1. The summed E-state index contributed by atoms with van der Waals surface area (Å²) in [6.45, 7) is 0.940. The Bertz CT molecular complexity index is 2460. The number of aromatic nitrogens is 1. The standard InChI is InChI=1S/C47H42N2O9/c1-55-46(54)49-28-33(23-29-22-31-8-5-6-9-41(31)48-27-29)30-11-16-36(17-12-30)56-21-7-3-2-4-10-42(52)32-13-18-38-37(24-32)45(53)58-47(38)39-19-14-34(50)25-43(39)57-44-26-35(51)15-20-40(44)47/h5-6,8-9,11-20,22,24-27,33,50-51H,2-4,7,10,21,23,28H2,1H3,(H,49,54)/t33-/m1/s1. The summed E-state index contributed by atoms with van der Waals surface area (Å²) in [7, 11) is 1.35. The first kappa shape index (κ1) is 38.0. The Kier molecular flexibility index (Phi) is 10.7. The van der Waals surface area contributed by atoms with Crippen molar-refractivity contribution in [2.45, 2.75) is 50.0 Å². The van der Waals surface area contributed by atoms with Crippen LogP contribution in [0.15, 0.2) is 115 Å². The number of aromatic hydroxyl groups is 2. The molecule has 11 nitrogen and oxygen atoms in total. The molecule has 2 aliphatic rings. The largest absolute Gasteiger partial charge is 0.508 e. The van der Waals surface area contributed by atoms with Crippen LogP contribution in [0.3, 0.4) is 0 Å². The summed E-state index contributed by atoms with van der Waals surface area (Å²) < 4.78 is 23.0. The number of hydrogen-bond acceptors (Lipinski definition) is 10. The van der Waals surface area contributed by atoms with E-state index in [1.54, 1.807) is 30.3 Å². The summed E-state index contributed by atoms with van der Waals surface area (Å²) in [5.41, 5.74) is 4.02. The lowest BCUT2D eigenvalue weighted by Gasteiger charge is -2.36. The van der Waals surface area contributed by atoms with E-state index in [4.69, 9.17) is 18.9 Å². The molecule has 0 unspecified atom stereocenters. The van der Waals surface area contributed by atoms with Gasteiger partial charge in [-0.25, -0.2) is 9.59 Å². The number of benzene rings is 5. The molecular weight excluding hydrogens is 737 g/mol. The number of ketones is 1. The fourth-order valence-electron chi connectivity index (χ4n) is 7.89. The van der Waals surface area contributed by atoms with Crippen LogP contribution < -0.4 is 14.8 Å². The topological polar surface area (TPSA) is 154 Å². The highest BCUT2D eigenvalue weighted by Gasteiger charge is 2.53. The molecule has 0 saturated heterocycles. The number of phenolic OH excluding ortho intramolecular Hbond substituents is 2. The molecule has 0 aliphatic carbocycles. The first-order valence-corrected chi connectivity index (χ1v) is 19.4. The van der Waals surface area contributed by atoms with Crippen molar-refractivity contribution in [2.24, 2.45) is 0 Å². The molecule has 2 aliphatic heterocycles. The summed E-state index contributed by atoms with van der Waals surface area (Å²) in [6, 6.07) is 32.3. The summed E-state index contributed by atoms with van der Waals surface area (Å²) in [6.07, 6.45) is 5.67. The first-order valence-electron chi connectivity index (χ1n) is 19.4. The Balaban J connectivity index is 0.837. The van der Waals surface area contributed by atoms with Gasteiger partial charge in [0, 0.05) is 64.9 Å². The second kappa shape index (κ2) is 16.3. The van der Waals surface area contributed by atoms with E-state index in [0.29, 0.717) is 66.2 Å². The van der Waals surface area contributed by atoms with E-state index >= 15 is 0 Å². The van der Waals surface area contributed by atoms with Crippen LogP contribution in [-0.2, 0) is 21.5 Å². The number of rotatable bonds is 14. The van der Waals surface area contributed by atoms with Gasteiger partial charge in [0.2, 0.25) is 0 Å². The fourth-order valence-corrected chi connectivity index (χ4v) is 7.89. The van der Waals surface area contributed by atoms with E-state index in [2.05, 4.69) is 16.4 Å². The van der Waals surface area contributed by atoms with E-state index < -0.39 is 17.7 Å². The van der Waals surface area contributed by atoms with Crippen LogP contribution in [0.1, 0.15) is 86.6 Å². The minimum Gasteiger partial charge on any atom is -0.508 e. The number of nitrogens with zero attached hydrogens (tertiary/aromatic N) is 1. The lowest BCUT2D eigenvalue weighted by Crippen LogP contribution is -2.32. The molecule has 11 heteroatoms. The van der Waals surface area contributed by atoms with Crippen molar-refractivity contribution < 1.29 is 43.5 Å². The number of carbonyl (C=O) groups excluding carboxylic acids is 3. The summed E-state index contributed by atoms with van der Waals surface area (Å²) >= 11 is 0. The molecule has 0 saturated carbocycles. The number of unbranched alkanes of at least 4 members (excludes halogenated alkanes) is 3. The van der Waals surface area contributed by atoms with Gasteiger partial charge in [-0.2, -0.15) is 0 Å². The van der Waals surface area contributed by atoms with Gasteiger partial charge in [0.1, 0.15) is 28.7 Å². The molecule has 3 heterocycles. The zero-order chi connectivity index (χ0) is 40.2. The zero-order valence-electron chi connectivity index (χ0n) is 31.9. The molecule has 294 valence electrons. The van der Waals surface area contributed by atoms with Gasteiger partial charge in [-0.1, -0.05) is 55.3 Å². The van der Waals surface area contributed by atoms with Crippen LogP contribution in [0.2, 0.25) is 0 Å². The third-order valence-corrected chi connectivity index (χ3v) is 10.8. The third-order valence-electron chi connectivity index (χ3n) is 10.8. The van der Waals surface area contributed by atoms with Gasteiger partial charge < -0.3 is 34.5 Å². The normalized spacial score (nSPS) is 13.8. The molecule has 0 fully saturated rings. The number of methoxy groups -OCH3 is 1. The van der Waals surface area contributed by atoms with Crippen molar-refractivity contribution in [2.75, 3.05) is 20.3 Å². The maximum atomic E-state index is 13.4. The highest BCUT2D eigenvalue weighted by atomic mass is 16.6. The second-order valence-electron chi connectivity index (χ2n) is 14.6. The predicted octanol–water partition coefficient (Wildman–Crippen LogP) is 9.11. The minimum absolute atomic E-state index is 0.00416. The van der Waals surface area contributed by atoms with Crippen LogP contribution in [-0.4, -0.2) is 53.3 Å². The van der Waals surface area contributed by atoms with Gasteiger partial charge in [-0.05, 0) is 85.0 Å². The van der Waals surface area contributed by atoms with E-state index in [0.717, 1.165) is 47.0 Å². The molecule has 3 N–H and O–H groups in total. The van der Waals surface area contributed by atoms with Crippen LogP contribution in [0, 0.1) is 0 Å². The molecular formula is C47H42N2O9. The van der Waals surface area contributed by atoms with Crippen molar-refractivity contribution in [1.82, 2.24) is 10.3 Å². The molecule has 8 rings (SSSR count). The highest BCUT2D eigenvalue weighted by Crippen LogP contribution is 2.57. The van der Waals surface area contributed by atoms with Crippen LogP contribution in [0.5, 0.6) is 28.7 Å². The van der Waals surface area contributed by atoms with Crippen molar-refractivity contribution in [1.29, 1.82) is 0 Å². The number of para-hydroxylation sites is 1. The van der Waals surface area contributed by atoms with E-state index in [1.807, 2.05) is 54.7 Å². The van der Waals surface area contributed by atoms with Gasteiger partial charge in [-0.3, -0.25) is 9.78 Å². The molecule has 1 amide bonds. The predicted molar refractivity (Wildman–Crippen MR) is 216 cm³/mol. The highest BCUT2D eigenvalue weighted by molar-refractivity contribution is 6.02. The number of pyridine rings is 1. The molecule has 0 bridgehead atoms. The van der Waals surface area contributed by atoms with Crippen LogP contribution >= 0.6 is 0 Å². The Hall–Kier alpha value is -6.88. The number of ether oxygens (including phenoxy) is 4. The van der Waals surface area contributed by atoms with E-state index in [-0.39, 0.29) is 28.8 Å². The van der Waals surface area contributed by atoms with Crippen molar-refractivity contribution in [3.63, 3.8) is 0 Å². The SMILES string of the molecule is COC(=O)NC[C@@H](Cc1cnc2ccccc2c1)c1ccc(OCCCCCCC(=O)c2ccc3c(c2)C(=O)OC32c3ccc(O)cc3Oc3cc(O)ccc32)cc1. The number of nitrogens with one attached hydrogen (secondary N) is 1. The van der Waals surface area contributed by atoms with Gasteiger partial charge in [0.05, 0.1) is 24.8 Å². The summed E-state index contributed by atoms with van der Waals surface area (Å²) in [5.74, 6) is 0.659. The monoisotopic (exact) mass is 778 g/mol. The molecule has 6 aromatic rings. The Morgan fingerprint density at radius 1 is 0.810 bits per heavy atom. The number of Topliss-reactive ketones (excluding diaryl/α,β-unsaturated/α-hetero) is 1. The first-order chi connectivity index (χ1) is 28.2. The van der Waals surface area contributed by atoms with Crippen LogP contribution in [0.4, 0.5) is 4.79 Å². The molecule has 1 aromatic heterocycles. The van der Waals surface area contributed by atoms with Gasteiger partial charge in [-0.15, -0.1) is 0 Å². The van der Waals surface area contributed by atoms with Crippen LogP contribution in [0.25, 0.3) is 10.9 Å². The summed E-state index contributed by atoms with van der Waals surface area (Å²) in [5, 5.41) is 24.2. The van der Waals surface area contributed by atoms with Crippen molar-refractivity contribution in [3.05, 3.63) is 154 Å². The minimum atomic E-state index is -1.37. The van der Waals surface area contributed by atoms with E-state index in [1.165, 1.54) is 31.4 Å². The Morgan fingerprint density at radius 2 is 1.52 bits per heavy atom. The molecule has 58 heavy (non-hydrogen) atoms. The van der Waals surface area contributed by atoms with Gasteiger partial charge in [0.15, 0.2) is 11.4 Å². The average molecular weight is 779 g/mol.